The predicted molar refractivity (Wildman–Crippen MR) is 74.0 cm³/mol. The molecule has 6 heteroatoms. The standard InChI is InChI=1S/C13H13ClN4O/c14-10-6-11(18-13(15)16-10)17-12-8-4-2-1-3-7(8)5-9(12)19/h1-4,6,9,12,19H,5H2,(H3,15,16,17,18)/t9-,12+/m1/s1. The summed E-state index contributed by atoms with van der Waals surface area (Å²) in [5, 5.41) is 13.6. The van der Waals surface area contributed by atoms with Crippen molar-refractivity contribution in [1.82, 2.24) is 9.97 Å². The number of nitrogens with two attached hydrogens (primary N) is 1. The zero-order valence-corrected chi connectivity index (χ0v) is 10.8. The Bertz CT molecular complexity index is 599. The van der Waals surface area contributed by atoms with Gasteiger partial charge in [-0.25, -0.2) is 4.98 Å². The number of anilines is 2. The average molecular weight is 277 g/mol. The van der Waals surface area contributed by atoms with Gasteiger partial charge in [0.05, 0.1) is 12.1 Å². The zero-order chi connectivity index (χ0) is 13.4. The molecule has 4 N–H and O–H groups in total. The molecule has 1 aliphatic carbocycles. The average Bonchev–Trinajstić information content (AvgIpc) is 2.65. The van der Waals surface area contributed by atoms with Gasteiger partial charge in [0.15, 0.2) is 0 Å². The molecule has 98 valence electrons. The molecule has 0 saturated heterocycles. The van der Waals surface area contributed by atoms with E-state index in [4.69, 9.17) is 17.3 Å². The fourth-order valence-corrected chi connectivity index (χ4v) is 2.61. The van der Waals surface area contributed by atoms with Gasteiger partial charge < -0.3 is 16.2 Å². The molecule has 1 aromatic carbocycles. The minimum absolute atomic E-state index is 0.107. The van der Waals surface area contributed by atoms with E-state index in [-0.39, 0.29) is 17.1 Å². The van der Waals surface area contributed by atoms with Crippen molar-refractivity contribution in [3.63, 3.8) is 0 Å². The van der Waals surface area contributed by atoms with Crippen LogP contribution in [0.5, 0.6) is 0 Å². The molecule has 2 atom stereocenters. The molecular weight excluding hydrogens is 264 g/mol. The van der Waals surface area contributed by atoms with Crippen LogP contribution >= 0.6 is 11.6 Å². The largest absolute Gasteiger partial charge is 0.390 e. The van der Waals surface area contributed by atoms with E-state index in [0.717, 1.165) is 11.1 Å². The SMILES string of the molecule is Nc1nc(Cl)cc(N[C@H]2c3ccccc3C[C@H]2O)n1. The van der Waals surface area contributed by atoms with Crippen LogP contribution in [0, 0.1) is 0 Å². The number of aliphatic hydroxyl groups is 1. The molecule has 0 amide bonds. The van der Waals surface area contributed by atoms with Gasteiger partial charge in [-0.05, 0) is 11.1 Å². The van der Waals surface area contributed by atoms with Crippen LogP contribution in [0.25, 0.3) is 0 Å². The van der Waals surface area contributed by atoms with Crippen LogP contribution < -0.4 is 11.1 Å². The Hall–Kier alpha value is -1.85. The molecule has 0 saturated carbocycles. The number of aliphatic hydroxyl groups excluding tert-OH is 1. The number of aromatic nitrogens is 2. The number of hydrogen-bond acceptors (Lipinski definition) is 5. The summed E-state index contributed by atoms with van der Waals surface area (Å²) in [6.07, 6.45) is 0.134. The summed E-state index contributed by atoms with van der Waals surface area (Å²) in [5.41, 5.74) is 7.77. The third kappa shape index (κ3) is 2.34. The molecule has 0 spiro atoms. The molecule has 0 unspecified atom stereocenters. The summed E-state index contributed by atoms with van der Waals surface area (Å²) >= 11 is 5.84. The normalized spacial score (nSPS) is 21.2. The van der Waals surface area contributed by atoms with Crippen LogP contribution in [0.2, 0.25) is 5.15 Å². The van der Waals surface area contributed by atoms with Crippen LogP contribution in [0.15, 0.2) is 30.3 Å². The van der Waals surface area contributed by atoms with Gasteiger partial charge in [-0.2, -0.15) is 4.98 Å². The van der Waals surface area contributed by atoms with Gasteiger partial charge in [0.25, 0.3) is 0 Å². The predicted octanol–water partition coefficient (Wildman–Crippen LogP) is 1.78. The zero-order valence-electron chi connectivity index (χ0n) is 10.0. The summed E-state index contributed by atoms with van der Waals surface area (Å²) in [4.78, 5) is 7.87. The Labute approximate surface area is 115 Å². The first-order valence-electron chi connectivity index (χ1n) is 5.96. The highest BCUT2D eigenvalue weighted by molar-refractivity contribution is 6.29. The molecule has 2 aromatic rings. The molecule has 0 radical (unpaired) electrons. The number of rotatable bonds is 2. The highest BCUT2D eigenvalue weighted by atomic mass is 35.5. The van der Waals surface area contributed by atoms with E-state index in [1.54, 1.807) is 6.07 Å². The van der Waals surface area contributed by atoms with Crippen molar-refractivity contribution in [2.24, 2.45) is 0 Å². The summed E-state index contributed by atoms with van der Waals surface area (Å²) < 4.78 is 0. The van der Waals surface area contributed by atoms with E-state index in [0.29, 0.717) is 12.2 Å². The summed E-state index contributed by atoms with van der Waals surface area (Å²) in [7, 11) is 0. The second-order valence-corrected chi connectivity index (χ2v) is 4.91. The quantitative estimate of drug-likeness (QED) is 0.728. The second kappa shape index (κ2) is 4.68. The number of hydrogen-bond donors (Lipinski definition) is 3. The van der Waals surface area contributed by atoms with Gasteiger partial charge >= 0.3 is 0 Å². The Morgan fingerprint density at radius 3 is 2.89 bits per heavy atom. The first-order chi connectivity index (χ1) is 9.13. The maximum atomic E-state index is 10.1. The molecule has 5 nitrogen and oxygen atoms in total. The van der Waals surface area contributed by atoms with E-state index < -0.39 is 6.10 Å². The Morgan fingerprint density at radius 2 is 2.11 bits per heavy atom. The van der Waals surface area contributed by atoms with Gasteiger partial charge in [-0.3, -0.25) is 0 Å². The molecular formula is C13H13ClN4O. The molecule has 0 bridgehead atoms. The summed E-state index contributed by atoms with van der Waals surface area (Å²) in [6.45, 7) is 0. The molecule has 19 heavy (non-hydrogen) atoms. The summed E-state index contributed by atoms with van der Waals surface area (Å²) in [5.74, 6) is 0.619. The van der Waals surface area contributed by atoms with Gasteiger partial charge in [-0.15, -0.1) is 0 Å². The van der Waals surface area contributed by atoms with Crippen molar-refractivity contribution in [3.05, 3.63) is 46.6 Å². The summed E-state index contributed by atoms with van der Waals surface area (Å²) in [6, 6.07) is 9.31. The third-order valence-electron chi connectivity index (χ3n) is 3.22. The lowest BCUT2D eigenvalue weighted by atomic mass is 10.1. The van der Waals surface area contributed by atoms with Crippen LogP contribution in [-0.4, -0.2) is 21.2 Å². The Morgan fingerprint density at radius 1 is 1.32 bits per heavy atom. The maximum Gasteiger partial charge on any atom is 0.223 e. The lowest BCUT2D eigenvalue weighted by molar-refractivity contribution is 0.165. The lowest BCUT2D eigenvalue weighted by Crippen LogP contribution is -2.22. The fourth-order valence-electron chi connectivity index (χ4n) is 2.42. The minimum Gasteiger partial charge on any atom is -0.390 e. The maximum absolute atomic E-state index is 10.1. The second-order valence-electron chi connectivity index (χ2n) is 4.53. The van der Waals surface area contributed by atoms with Crippen LogP contribution in [0.1, 0.15) is 17.2 Å². The molecule has 1 heterocycles. The van der Waals surface area contributed by atoms with E-state index in [1.807, 2.05) is 24.3 Å². The van der Waals surface area contributed by atoms with Crippen molar-refractivity contribution in [1.29, 1.82) is 0 Å². The topological polar surface area (TPSA) is 84.1 Å². The number of fused-ring (bicyclic) bond motifs is 1. The monoisotopic (exact) mass is 276 g/mol. The number of nitrogens with one attached hydrogen (secondary N) is 1. The lowest BCUT2D eigenvalue weighted by Gasteiger charge is -2.18. The van der Waals surface area contributed by atoms with Crippen molar-refractivity contribution in [2.45, 2.75) is 18.6 Å². The van der Waals surface area contributed by atoms with Gasteiger partial charge in [-0.1, -0.05) is 35.9 Å². The molecule has 1 aliphatic rings. The molecule has 0 fully saturated rings. The van der Waals surface area contributed by atoms with E-state index in [1.165, 1.54) is 0 Å². The van der Waals surface area contributed by atoms with Crippen molar-refractivity contribution < 1.29 is 5.11 Å². The van der Waals surface area contributed by atoms with Crippen molar-refractivity contribution in [2.75, 3.05) is 11.1 Å². The number of nitrogens with zero attached hydrogens (tertiary/aromatic N) is 2. The van der Waals surface area contributed by atoms with Gasteiger partial charge in [0.2, 0.25) is 5.95 Å². The number of halogens is 1. The first kappa shape index (κ1) is 12.2. The van der Waals surface area contributed by atoms with E-state index >= 15 is 0 Å². The minimum atomic E-state index is -0.493. The fraction of sp³-hybridized carbons (Fsp3) is 0.231. The number of nitrogen functional groups attached to an aromatic ring is 1. The van der Waals surface area contributed by atoms with E-state index in [9.17, 15) is 5.11 Å². The Kier molecular flexibility index (Phi) is 3.00. The van der Waals surface area contributed by atoms with Crippen molar-refractivity contribution >= 4 is 23.4 Å². The Balaban J connectivity index is 1.91. The number of benzene rings is 1. The van der Waals surface area contributed by atoms with Gasteiger partial charge in [0.1, 0.15) is 11.0 Å². The van der Waals surface area contributed by atoms with Crippen LogP contribution in [0.4, 0.5) is 11.8 Å². The van der Waals surface area contributed by atoms with E-state index in [2.05, 4.69) is 15.3 Å². The van der Waals surface area contributed by atoms with Gasteiger partial charge in [0, 0.05) is 12.5 Å². The van der Waals surface area contributed by atoms with Crippen LogP contribution in [0.3, 0.4) is 0 Å². The highest BCUT2D eigenvalue weighted by Gasteiger charge is 2.30. The first-order valence-corrected chi connectivity index (χ1v) is 6.34. The molecule has 3 rings (SSSR count). The molecule has 1 aromatic heterocycles. The smallest absolute Gasteiger partial charge is 0.223 e. The third-order valence-corrected chi connectivity index (χ3v) is 3.41. The van der Waals surface area contributed by atoms with Crippen LogP contribution in [-0.2, 0) is 6.42 Å². The molecule has 0 aliphatic heterocycles. The highest BCUT2D eigenvalue weighted by Crippen LogP contribution is 2.33. The van der Waals surface area contributed by atoms with Crippen molar-refractivity contribution in [3.8, 4) is 0 Å².